The number of nitrogens with two attached hydrogens (primary N) is 1. The van der Waals surface area contributed by atoms with Crippen molar-refractivity contribution in [2.45, 2.75) is 38.1 Å². The molecule has 3 aromatic rings. The lowest BCUT2D eigenvalue weighted by Crippen LogP contribution is -2.30. The van der Waals surface area contributed by atoms with Gasteiger partial charge >= 0.3 is 0 Å². The number of pyridine rings is 1. The fourth-order valence-corrected chi connectivity index (χ4v) is 4.69. The summed E-state index contributed by atoms with van der Waals surface area (Å²) < 4.78 is 11.6. The first-order valence-electron chi connectivity index (χ1n) is 12.3. The number of ether oxygens (including phenoxy) is 2. The highest BCUT2D eigenvalue weighted by molar-refractivity contribution is 5.85. The van der Waals surface area contributed by atoms with Crippen molar-refractivity contribution in [1.82, 2.24) is 20.3 Å². The molecule has 0 atom stereocenters. The van der Waals surface area contributed by atoms with E-state index in [2.05, 4.69) is 29.6 Å². The monoisotopic (exact) mass is 495 g/mol. The van der Waals surface area contributed by atoms with E-state index in [1.165, 1.54) is 0 Å². The minimum absolute atomic E-state index is 0. The summed E-state index contributed by atoms with van der Waals surface area (Å²) in [6.07, 6.45) is 7.95. The first kappa shape index (κ1) is 25.5. The topological polar surface area (TPSA) is 95.2 Å². The molecule has 35 heavy (non-hydrogen) atoms. The molecule has 7 nitrogen and oxygen atoms in total. The molecule has 1 aromatic carbocycles. The maximum atomic E-state index is 6.10. The minimum Gasteiger partial charge on any atom is -0.476 e. The Kier molecular flexibility index (Phi) is 9.04. The van der Waals surface area contributed by atoms with Gasteiger partial charge in [-0.15, -0.1) is 12.4 Å². The van der Waals surface area contributed by atoms with Crippen LogP contribution in [0.25, 0.3) is 22.5 Å². The highest BCUT2D eigenvalue weighted by atomic mass is 35.5. The molecule has 5 rings (SSSR count). The molecular weight excluding hydrogens is 462 g/mol. The first-order valence-corrected chi connectivity index (χ1v) is 12.3. The molecule has 2 fully saturated rings. The Balaban J connectivity index is 0.00000289. The molecule has 4 heterocycles. The summed E-state index contributed by atoms with van der Waals surface area (Å²) in [6, 6.07) is 12.4. The van der Waals surface area contributed by atoms with Crippen molar-refractivity contribution in [3.8, 4) is 28.4 Å². The average Bonchev–Trinajstić information content (AvgIpc) is 2.93. The van der Waals surface area contributed by atoms with Gasteiger partial charge in [-0.25, -0.2) is 9.97 Å². The number of rotatable bonds is 7. The molecule has 0 radical (unpaired) electrons. The van der Waals surface area contributed by atoms with Crippen LogP contribution in [0, 0.1) is 5.92 Å². The van der Waals surface area contributed by atoms with Crippen molar-refractivity contribution in [2.75, 3.05) is 32.9 Å². The van der Waals surface area contributed by atoms with Crippen LogP contribution in [-0.2, 0) is 11.3 Å². The predicted octanol–water partition coefficient (Wildman–Crippen LogP) is 4.36. The van der Waals surface area contributed by atoms with Crippen molar-refractivity contribution in [1.29, 1.82) is 0 Å². The highest BCUT2D eigenvalue weighted by Gasteiger charge is 2.19. The summed E-state index contributed by atoms with van der Waals surface area (Å²) in [5.41, 5.74) is 11.5. The van der Waals surface area contributed by atoms with Gasteiger partial charge in [0.15, 0.2) is 0 Å². The molecule has 8 heteroatoms. The predicted molar refractivity (Wildman–Crippen MR) is 140 cm³/mol. The lowest BCUT2D eigenvalue weighted by Gasteiger charge is -2.22. The Morgan fingerprint density at radius 3 is 2.31 bits per heavy atom. The van der Waals surface area contributed by atoms with E-state index in [4.69, 9.17) is 30.2 Å². The molecule has 0 spiro atoms. The largest absolute Gasteiger partial charge is 0.476 e. The second-order valence-electron chi connectivity index (χ2n) is 9.17. The quantitative estimate of drug-likeness (QED) is 0.502. The molecule has 2 aliphatic rings. The van der Waals surface area contributed by atoms with Crippen LogP contribution in [0.5, 0.6) is 5.88 Å². The van der Waals surface area contributed by atoms with Crippen molar-refractivity contribution < 1.29 is 9.47 Å². The van der Waals surface area contributed by atoms with E-state index in [-0.39, 0.29) is 12.4 Å². The Hall–Kier alpha value is -2.58. The molecule has 2 saturated heterocycles. The van der Waals surface area contributed by atoms with Gasteiger partial charge in [0.1, 0.15) is 5.69 Å². The van der Waals surface area contributed by atoms with E-state index in [9.17, 15) is 0 Å². The van der Waals surface area contributed by atoms with E-state index in [1.54, 1.807) is 6.20 Å². The van der Waals surface area contributed by atoms with Gasteiger partial charge in [0.2, 0.25) is 5.88 Å². The van der Waals surface area contributed by atoms with Crippen LogP contribution in [0.15, 0.2) is 48.8 Å². The van der Waals surface area contributed by atoms with Crippen molar-refractivity contribution in [3.05, 3.63) is 60.0 Å². The Bertz CT molecular complexity index is 1070. The van der Waals surface area contributed by atoms with Gasteiger partial charge in [-0.1, -0.05) is 24.3 Å². The molecule has 0 saturated carbocycles. The smallest absolute Gasteiger partial charge is 0.232 e. The Morgan fingerprint density at radius 2 is 1.63 bits per heavy atom. The van der Waals surface area contributed by atoms with Gasteiger partial charge in [-0.3, -0.25) is 4.98 Å². The highest BCUT2D eigenvalue weighted by Crippen LogP contribution is 2.32. The molecule has 3 N–H and O–H groups in total. The Morgan fingerprint density at radius 1 is 0.886 bits per heavy atom. The summed E-state index contributed by atoms with van der Waals surface area (Å²) in [7, 11) is 0. The number of halogens is 1. The zero-order valence-corrected chi connectivity index (χ0v) is 20.8. The number of nitrogens with zero attached hydrogens (tertiary/aromatic N) is 3. The Labute approximate surface area is 213 Å². The molecule has 0 bridgehead atoms. The van der Waals surface area contributed by atoms with E-state index in [1.807, 2.05) is 18.3 Å². The van der Waals surface area contributed by atoms with Gasteiger partial charge in [-0.2, -0.15) is 0 Å². The number of hydrogen-bond donors (Lipinski definition) is 2. The van der Waals surface area contributed by atoms with Crippen LogP contribution in [-0.4, -0.2) is 47.9 Å². The number of aromatic nitrogens is 3. The summed E-state index contributed by atoms with van der Waals surface area (Å²) in [5.74, 6) is 1.57. The fraction of sp³-hybridized carbons (Fsp3) is 0.444. The zero-order chi connectivity index (χ0) is 23.2. The fourth-order valence-electron chi connectivity index (χ4n) is 4.69. The molecule has 0 unspecified atom stereocenters. The normalized spacial score (nSPS) is 17.1. The maximum Gasteiger partial charge on any atom is 0.232 e. The lowest BCUT2D eigenvalue weighted by atomic mass is 9.95. The summed E-state index contributed by atoms with van der Waals surface area (Å²) in [6.45, 7) is 4.89. The van der Waals surface area contributed by atoms with E-state index in [0.717, 1.165) is 85.8 Å². The van der Waals surface area contributed by atoms with E-state index < -0.39 is 0 Å². The molecule has 2 aromatic heterocycles. The summed E-state index contributed by atoms with van der Waals surface area (Å²) in [4.78, 5) is 14.5. The second-order valence-corrected chi connectivity index (χ2v) is 9.17. The van der Waals surface area contributed by atoms with Crippen molar-refractivity contribution in [3.63, 3.8) is 0 Å². The van der Waals surface area contributed by atoms with E-state index >= 15 is 0 Å². The number of piperidine rings is 1. The molecule has 2 aliphatic heterocycles. The van der Waals surface area contributed by atoms with Gasteiger partial charge in [-0.05, 0) is 62.4 Å². The third kappa shape index (κ3) is 6.35. The molecular formula is C27H34ClN5O2. The lowest BCUT2D eigenvalue weighted by molar-refractivity contribution is 0.0845. The maximum absolute atomic E-state index is 6.10. The average molecular weight is 496 g/mol. The summed E-state index contributed by atoms with van der Waals surface area (Å²) in [5, 5.41) is 3.40. The van der Waals surface area contributed by atoms with Gasteiger partial charge in [0, 0.05) is 48.7 Å². The molecule has 0 aliphatic carbocycles. The minimum atomic E-state index is 0. The molecule has 186 valence electrons. The van der Waals surface area contributed by atoms with Gasteiger partial charge < -0.3 is 20.5 Å². The van der Waals surface area contributed by atoms with Gasteiger partial charge in [0.05, 0.1) is 18.5 Å². The van der Waals surface area contributed by atoms with Crippen LogP contribution >= 0.6 is 12.4 Å². The summed E-state index contributed by atoms with van der Waals surface area (Å²) >= 11 is 0. The first-order chi connectivity index (χ1) is 16.8. The standard InChI is InChI=1S/C27H33N5O2.ClH/c28-15-19-1-3-22(4-2-19)26-27(23-5-6-24(30-16-23)21-9-13-33-14-10-21)32-25(17-31-26)34-18-20-7-11-29-12-8-20;/h1-6,16-17,20-21,29H,7-15,18,28H2;1H. The van der Waals surface area contributed by atoms with E-state index in [0.29, 0.717) is 30.9 Å². The van der Waals surface area contributed by atoms with Crippen molar-refractivity contribution >= 4 is 12.4 Å². The number of hydrogen-bond acceptors (Lipinski definition) is 7. The van der Waals surface area contributed by atoms with Crippen LogP contribution in [0.3, 0.4) is 0 Å². The van der Waals surface area contributed by atoms with Crippen LogP contribution < -0.4 is 15.8 Å². The zero-order valence-electron chi connectivity index (χ0n) is 20.0. The number of nitrogens with one attached hydrogen (secondary N) is 1. The number of benzene rings is 1. The SMILES string of the molecule is Cl.NCc1ccc(-c2ncc(OCC3CCNCC3)nc2-c2ccc(C3CCOCC3)nc2)cc1. The molecule has 0 amide bonds. The third-order valence-corrected chi connectivity index (χ3v) is 6.84. The third-order valence-electron chi connectivity index (χ3n) is 6.84. The van der Waals surface area contributed by atoms with Crippen LogP contribution in [0.4, 0.5) is 0 Å². The van der Waals surface area contributed by atoms with Gasteiger partial charge in [0.25, 0.3) is 0 Å². The van der Waals surface area contributed by atoms with Crippen LogP contribution in [0.2, 0.25) is 0 Å². The van der Waals surface area contributed by atoms with Crippen molar-refractivity contribution in [2.24, 2.45) is 11.7 Å². The second kappa shape index (κ2) is 12.4. The van der Waals surface area contributed by atoms with Crippen LogP contribution in [0.1, 0.15) is 42.9 Å².